The first-order chi connectivity index (χ1) is 2.91. The summed E-state index contributed by atoms with van der Waals surface area (Å²) in [6.07, 6.45) is 2.28. The molecule has 0 atom stereocenters. The van der Waals surface area contributed by atoms with Gasteiger partial charge < -0.3 is 12.0 Å². The van der Waals surface area contributed by atoms with Crippen LogP contribution in [0.4, 0.5) is 0 Å². The van der Waals surface area contributed by atoms with Crippen molar-refractivity contribution in [2.75, 3.05) is 7.11 Å². The number of hydrogen-bond donors (Lipinski definition) is 0. The maximum absolute atomic E-state index is 8.25. The summed E-state index contributed by atoms with van der Waals surface area (Å²) in [7, 11) is 0.750. The zero-order valence-electron chi connectivity index (χ0n) is 5.24. The van der Waals surface area contributed by atoms with E-state index in [0.29, 0.717) is 0 Å². The molecule has 0 saturated heterocycles. The summed E-state index contributed by atoms with van der Waals surface area (Å²) in [5, 5.41) is 8.25. The zero-order valence-corrected chi connectivity index (χ0v) is 6.65. The Morgan fingerprint density at radius 1 is 1.43 bits per heavy atom. The molecule has 0 rings (SSSR count). The Labute approximate surface area is 62.3 Å². The van der Waals surface area contributed by atoms with Gasteiger partial charge in [-0.3, -0.25) is 0 Å². The molecule has 7 heavy (non-hydrogen) atoms. The largest absolute Gasteiger partial charge is 2.00 e. The van der Waals surface area contributed by atoms with Gasteiger partial charge in [0.15, 0.2) is 0 Å². The summed E-state index contributed by atoms with van der Waals surface area (Å²) >= 11 is 0. The van der Waals surface area contributed by atoms with Crippen molar-refractivity contribution in [1.82, 2.24) is 0 Å². The average molecular weight is 112 g/mol. The van der Waals surface area contributed by atoms with E-state index in [9.17, 15) is 0 Å². The van der Waals surface area contributed by atoms with Crippen LogP contribution in [0.15, 0.2) is 0 Å². The van der Waals surface area contributed by atoms with Gasteiger partial charge in [0.05, 0.1) is 0 Å². The van der Waals surface area contributed by atoms with Crippen molar-refractivity contribution in [1.29, 1.82) is 0 Å². The van der Waals surface area contributed by atoms with Crippen molar-refractivity contribution < 1.29 is 5.11 Å². The first-order valence-corrected chi connectivity index (χ1v) is 2.12. The van der Waals surface area contributed by atoms with E-state index in [1.54, 1.807) is 0 Å². The average Bonchev–Trinajstić information content (AvgIpc) is 1.72. The molecule has 40 valence electrons. The monoisotopic (exact) mass is 112 g/mol. The molecule has 0 bridgehead atoms. The number of rotatable bonds is 1. The van der Waals surface area contributed by atoms with E-state index in [2.05, 4.69) is 13.8 Å². The molecule has 0 aromatic rings. The van der Waals surface area contributed by atoms with Crippen LogP contribution in [0.3, 0.4) is 0 Å². The molecule has 0 aliphatic carbocycles. The molecule has 0 N–H and O–H groups in total. The third-order valence-corrected chi connectivity index (χ3v) is 0.354. The van der Waals surface area contributed by atoms with Gasteiger partial charge in [-0.1, -0.05) is 13.3 Å². The smallest absolute Gasteiger partial charge is 0.857 e. The van der Waals surface area contributed by atoms with Gasteiger partial charge in [-0.2, -0.15) is 13.5 Å². The van der Waals surface area contributed by atoms with E-state index in [0.717, 1.165) is 13.5 Å². The fourth-order valence-corrected chi connectivity index (χ4v) is 0. The third-order valence-electron chi connectivity index (χ3n) is 0.354. The summed E-state index contributed by atoms with van der Waals surface area (Å²) in [5.41, 5.74) is 0. The zero-order chi connectivity index (χ0) is 5.41. The van der Waals surface area contributed by atoms with Gasteiger partial charge in [0, 0.05) is 0 Å². The molecule has 0 aromatic heterocycles. The second-order valence-electron chi connectivity index (χ2n) is 0.854. The minimum absolute atomic E-state index is 0. The SMILES string of the molecule is C[O-].[CH2-]CCC.[Mg+2]. The van der Waals surface area contributed by atoms with Crippen LogP contribution < -0.4 is 5.11 Å². The van der Waals surface area contributed by atoms with Crippen molar-refractivity contribution in [3.05, 3.63) is 6.92 Å². The molecule has 0 heterocycles. The fourth-order valence-electron chi connectivity index (χ4n) is 0. The van der Waals surface area contributed by atoms with E-state index < -0.39 is 0 Å². The Kier molecular flexibility index (Phi) is 66.3. The Hall–Kier alpha value is 0.726. The molecule has 0 saturated carbocycles. The maximum Gasteiger partial charge on any atom is 2.00 e. The van der Waals surface area contributed by atoms with Gasteiger partial charge in [0.25, 0.3) is 0 Å². The molecule has 1 nitrogen and oxygen atoms in total. The van der Waals surface area contributed by atoms with E-state index in [-0.39, 0.29) is 23.1 Å². The predicted octanol–water partition coefficient (Wildman–Crippen LogP) is 0.216. The molecule has 0 spiro atoms. The first-order valence-electron chi connectivity index (χ1n) is 2.12. The quantitative estimate of drug-likeness (QED) is 0.351. The fraction of sp³-hybridized carbons (Fsp3) is 0.800. The molecular weight excluding hydrogens is 100 g/mol. The minimum Gasteiger partial charge on any atom is -0.857 e. The van der Waals surface area contributed by atoms with E-state index >= 15 is 0 Å². The molecule has 0 amide bonds. The van der Waals surface area contributed by atoms with Gasteiger partial charge in [-0.25, -0.2) is 0 Å². The van der Waals surface area contributed by atoms with E-state index in [1.807, 2.05) is 0 Å². The normalized spacial score (nSPS) is 5.14. The number of hydrogen-bond acceptors (Lipinski definition) is 1. The second kappa shape index (κ2) is 29.7. The third kappa shape index (κ3) is 50.4. The molecule has 0 aromatic carbocycles. The summed E-state index contributed by atoms with van der Waals surface area (Å²) in [4.78, 5) is 0. The van der Waals surface area contributed by atoms with Crippen LogP contribution >= 0.6 is 0 Å². The second-order valence-corrected chi connectivity index (χ2v) is 0.854. The van der Waals surface area contributed by atoms with Crippen LogP contribution in [-0.4, -0.2) is 30.2 Å². The van der Waals surface area contributed by atoms with E-state index in [4.69, 9.17) is 5.11 Å². The van der Waals surface area contributed by atoms with Crippen molar-refractivity contribution in [2.24, 2.45) is 0 Å². The Morgan fingerprint density at radius 3 is 1.57 bits per heavy atom. The topological polar surface area (TPSA) is 23.1 Å². The summed E-state index contributed by atoms with van der Waals surface area (Å²) in [5.74, 6) is 0. The van der Waals surface area contributed by atoms with Crippen LogP contribution in [0.1, 0.15) is 19.8 Å². The molecule has 2 heteroatoms. The number of unbranched alkanes of at least 4 members (excludes halogenated alkanes) is 1. The Bertz CT molecular complexity index is 10.0. The van der Waals surface area contributed by atoms with Crippen LogP contribution in [0.25, 0.3) is 0 Å². The molecule has 0 radical (unpaired) electrons. The summed E-state index contributed by atoms with van der Waals surface area (Å²) in [6.45, 7) is 5.72. The van der Waals surface area contributed by atoms with E-state index in [1.165, 1.54) is 6.42 Å². The van der Waals surface area contributed by atoms with Crippen LogP contribution in [0, 0.1) is 6.92 Å². The van der Waals surface area contributed by atoms with Crippen molar-refractivity contribution >= 4 is 23.1 Å². The first kappa shape index (κ1) is 15.6. The van der Waals surface area contributed by atoms with Crippen LogP contribution in [-0.2, 0) is 0 Å². The van der Waals surface area contributed by atoms with Crippen LogP contribution in [0.2, 0.25) is 0 Å². The molecular formula is C5H12MgO. The van der Waals surface area contributed by atoms with Gasteiger partial charge in [-0.15, -0.1) is 0 Å². The van der Waals surface area contributed by atoms with Crippen molar-refractivity contribution in [2.45, 2.75) is 19.8 Å². The summed E-state index contributed by atoms with van der Waals surface area (Å²) in [6, 6.07) is 0. The molecule has 0 unspecified atom stereocenters. The summed E-state index contributed by atoms with van der Waals surface area (Å²) < 4.78 is 0. The molecule has 0 aliphatic heterocycles. The predicted molar refractivity (Wildman–Crippen MR) is 31.9 cm³/mol. The molecule has 0 fully saturated rings. The van der Waals surface area contributed by atoms with Crippen LogP contribution in [0.5, 0.6) is 0 Å². The standard InChI is InChI=1S/C4H9.CH3O.Mg/c1-3-4-2;1-2;/h1,3-4H2,2H3;1H3;/q2*-1;+2. The minimum atomic E-state index is 0. The molecule has 0 aliphatic rings. The van der Waals surface area contributed by atoms with Gasteiger partial charge in [0.2, 0.25) is 0 Å². The Morgan fingerprint density at radius 2 is 1.57 bits per heavy atom. The van der Waals surface area contributed by atoms with Gasteiger partial charge in [0.1, 0.15) is 0 Å². The van der Waals surface area contributed by atoms with Gasteiger partial charge in [-0.05, 0) is 0 Å². The Balaban J connectivity index is -0.0000000480. The van der Waals surface area contributed by atoms with Gasteiger partial charge >= 0.3 is 23.1 Å². The van der Waals surface area contributed by atoms with Crippen molar-refractivity contribution in [3.8, 4) is 0 Å². The maximum atomic E-state index is 8.25. The van der Waals surface area contributed by atoms with Crippen molar-refractivity contribution in [3.63, 3.8) is 0 Å².